The largest absolute Gasteiger partial charge is 0.325 e. The van der Waals surface area contributed by atoms with E-state index in [9.17, 15) is 26.0 Å². The van der Waals surface area contributed by atoms with Gasteiger partial charge in [0.15, 0.2) is 0 Å². The first-order chi connectivity index (χ1) is 13.5. The number of carbonyl (C=O) groups is 1. The second-order valence-corrected chi connectivity index (χ2v) is 10.2. The summed E-state index contributed by atoms with van der Waals surface area (Å²) < 4.78 is 62.9. The van der Waals surface area contributed by atoms with Crippen LogP contribution < -0.4 is 10.0 Å². The van der Waals surface area contributed by atoms with Crippen LogP contribution in [-0.4, -0.2) is 40.8 Å². The van der Waals surface area contributed by atoms with Gasteiger partial charge in [0, 0.05) is 17.4 Å². The van der Waals surface area contributed by atoms with E-state index in [4.69, 9.17) is 0 Å². The number of hydrogen-bond donors (Lipinski definition) is 2. The summed E-state index contributed by atoms with van der Waals surface area (Å²) >= 11 is 0. The molecule has 0 aliphatic heterocycles. The zero-order valence-electron chi connectivity index (χ0n) is 15.6. The van der Waals surface area contributed by atoms with Gasteiger partial charge in [-0.15, -0.1) is 0 Å². The van der Waals surface area contributed by atoms with E-state index < -0.39 is 37.6 Å². The Morgan fingerprint density at radius 1 is 1.03 bits per heavy atom. The summed E-state index contributed by atoms with van der Waals surface area (Å²) in [4.78, 5) is 12.5. The fourth-order valence-corrected chi connectivity index (χ4v) is 4.01. The summed E-state index contributed by atoms with van der Waals surface area (Å²) in [6, 6.07) is 12.2. The van der Waals surface area contributed by atoms with Crippen molar-refractivity contribution in [1.29, 1.82) is 0 Å². The minimum absolute atomic E-state index is 0.250. The third kappa shape index (κ3) is 8.55. The van der Waals surface area contributed by atoms with Crippen molar-refractivity contribution in [3.63, 3.8) is 0 Å². The molecule has 0 saturated carbocycles. The number of nitrogens with one attached hydrogen (secondary N) is 2. The molecule has 1 atom stereocenters. The Bertz CT molecular complexity index is 1070. The highest BCUT2D eigenvalue weighted by Gasteiger charge is 2.24. The molecular weight excluding hydrogens is 419 g/mol. The SMILES string of the molecule is CS(=O)(=O)CCC(NS(=O)(=O)/C=C/c1ccccc1)C(=O)Nc1ccc(F)cc1. The summed E-state index contributed by atoms with van der Waals surface area (Å²) in [5.41, 5.74) is 0.890. The molecule has 0 radical (unpaired) electrons. The Balaban J connectivity index is 2.16. The number of carbonyl (C=O) groups excluding carboxylic acids is 1. The summed E-state index contributed by atoms with van der Waals surface area (Å²) in [6.45, 7) is 0. The number of sulfonamides is 1. The van der Waals surface area contributed by atoms with E-state index in [2.05, 4.69) is 10.0 Å². The number of halogens is 1. The predicted molar refractivity (Wildman–Crippen MR) is 111 cm³/mol. The van der Waals surface area contributed by atoms with Crippen LogP contribution in [0.15, 0.2) is 60.0 Å². The van der Waals surface area contributed by atoms with Crippen molar-refractivity contribution in [3.8, 4) is 0 Å². The Hall–Kier alpha value is -2.56. The molecule has 0 aliphatic carbocycles. The van der Waals surface area contributed by atoms with Gasteiger partial charge in [-0.3, -0.25) is 4.79 Å². The van der Waals surface area contributed by atoms with Crippen LogP contribution >= 0.6 is 0 Å². The van der Waals surface area contributed by atoms with Crippen LogP contribution in [0.1, 0.15) is 12.0 Å². The number of rotatable bonds is 9. The molecule has 0 saturated heterocycles. The third-order valence-corrected chi connectivity index (χ3v) is 5.84. The quantitative estimate of drug-likeness (QED) is 0.621. The molecule has 29 heavy (non-hydrogen) atoms. The second kappa shape index (κ2) is 9.77. The molecule has 2 rings (SSSR count). The van der Waals surface area contributed by atoms with Gasteiger partial charge in [-0.2, -0.15) is 4.72 Å². The van der Waals surface area contributed by atoms with E-state index in [1.807, 2.05) is 0 Å². The first-order valence-electron chi connectivity index (χ1n) is 8.54. The molecule has 0 bridgehead atoms. The van der Waals surface area contributed by atoms with E-state index in [-0.39, 0.29) is 17.9 Å². The van der Waals surface area contributed by atoms with E-state index in [0.29, 0.717) is 5.56 Å². The van der Waals surface area contributed by atoms with Crippen LogP contribution in [-0.2, 0) is 24.7 Å². The van der Waals surface area contributed by atoms with Crippen LogP contribution in [0.5, 0.6) is 0 Å². The molecule has 1 amide bonds. The average Bonchev–Trinajstić information content (AvgIpc) is 2.65. The van der Waals surface area contributed by atoms with Crippen molar-refractivity contribution in [2.75, 3.05) is 17.3 Å². The molecule has 0 heterocycles. The summed E-state index contributed by atoms with van der Waals surface area (Å²) in [7, 11) is -7.46. The first kappa shape index (κ1) is 22.7. The number of benzene rings is 2. The maximum atomic E-state index is 13.0. The Morgan fingerprint density at radius 3 is 2.24 bits per heavy atom. The molecule has 0 spiro atoms. The summed E-state index contributed by atoms with van der Waals surface area (Å²) in [5.74, 6) is -1.64. The highest BCUT2D eigenvalue weighted by Crippen LogP contribution is 2.11. The van der Waals surface area contributed by atoms with Gasteiger partial charge in [0.05, 0.1) is 5.75 Å². The van der Waals surface area contributed by atoms with E-state index in [1.165, 1.54) is 18.2 Å². The van der Waals surface area contributed by atoms with E-state index >= 15 is 0 Å². The monoisotopic (exact) mass is 440 g/mol. The Labute approximate surface area is 169 Å². The number of sulfone groups is 1. The molecule has 0 aromatic heterocycles. The number of anilines is 1. The highest BCUT2D eigenvalue weighted by atomic mass is 32.2. The van der Waals surface area contributed by atoms with Crippen LogP contribution in [0.3, 0.4) is 0 Å². The standard InChI is InChI=1S/C19H21FN2O5S2/c1-28(24,25)13-12-18(19(23)21-17-9-7-16(20)8-10-17)22-29(26,27)14-11-15-5-3-2-4-6-15/h2-11,14,18,22H,12-13H2,1H3,(H,21,23)/b14-11+. The van der Waals surface area contributed by atoms with Crippen LogP contribution in [0.25, 0.3) is 6.08 Å². The van der Waals surface area contributed by atoms with Crippen LogP contribution in [0, 0.1) is 5.82 Å². The van der Waals surface area contributed by atoms with Crippen molar-refractivity contribution in [3.05, 3.63) is 71.4 Å². The van der Waals surface area contributed by atoms with Gasteiger partial charge in [-0.25, -0.2) is 21.2 Å². The highest BCUT2D eigenvalue weighted by molar-refractivity contribution is 7.92. The molecule has 0 aliphatic rings. The van der Waals surface area contributed by atoms with Crippen molar-refractivity contribution in [1.82, 2.24) is 4.72 Å². The maximum absolute atomic E-state index is 13.0. The average molecular weight is 441 g/mol. The van der Waals surface area contributed by atoms with Gasteiger partial charge in [-0.1, -0.05) is 30.3 Å². The fraction of sp³-hybridized carbons (Fsp3) is 0.211. The second-order valence-electron chi connectivity index (χ2n) is 6.34. The lowest BCUT2D eigenvalue weighted by Gasteiger charge is -2.17. The lowest BCUT2D eigenvalue weighted by atomic mass is 10.2. The number of amides is 1. The Morgan fingerprint density at radius 2 is 1.66 bits per heavy atom. The van der Waals surface area contributed by atoms with Crippen molar-refractivity contribution in [2.45, 2.75) is 12.5 Å². The van der Waals surface area contributed by atoms with Gasteiger partial charge in [-0.05, 0) is 42.3 Å². The zero-order valence-corrected chi connectivity index (χ0v) is 17.2. The molecule has 2 N–H and O–H groups in total. The van der Waals surface area contributed by atoms with Gasteiger partial charge < -0.3 is 5.32 Å². The molecule has 10 heteroatoms. The summed E-state index contributed by atoms with van der Waals surface area (Å²) in [6.07, 6.45) is 2.09. The van der Waals surface area contributed by atoms with E-state index in [0.717, 1.165) is 23.8 Å². The normalized spacial score (nSPS) is 13.3. The minimum Gasteiger partial charge on any atom is -0.325 e. The van der Waals surface area contributed by atoms with Gasteiger partial charge in [0.1, 0.15) is 21.7 Å². The van der Waals surface area contributed by atoms with E-state index in [1.54, 1.807) is 30.3 Å². The van der Waals surface area contributed by atoms with Gasteiger partial charge in [0.25, 0.3) is 0 Å². The van der Waals surface area contributed by atoms with Crippen LogP contribution in [0.2, 0.25) is 0 Å². The topological polar surface area (TPSA) is 109 Å². The van der Waals surface area contributed by atoms with Gasteiger partial charge in [0.2, 0.25) is 15.9 Å². The summed E-state index contributed by atoms with van der Waals surface area (Å²) in [5, 5.41) is 3.35. The molecular formula is C19H21FN2O5S2. The van der Waals surface area contributed by atoms with Crippen LogP contribution in [0.4, 0.5) is 10.1 Å². The molecule has 1 unspecified atom stereocenters. The van der Waals surface area contributed by atoms with Crippen molar-refractivity contribution in [2.24, 2.45) is 0 Å². The lowest BCUT2D eigenvalue weighted by molar-refractivity contribution is -0.117. The number of hydrogen-bond acceptors (Lipinski definition) is 5. The molecule has 2 aromatic carbocycles. The van der Waals surface area contributed by atoms with Crippen molar-refractivity contribution >= 4 is 37.5 Å². The minimum atomic E-state index is -4.04. The predicted octanol–water partition coefficient (Wildman–Crippen LogP) is 2.16. The smallest absolute Gasteiger partial charge is 0.242 e. The third-order valence-electron chi connectivity index (χ3n) is 3.75. The molecule has 156 valence electrons. The maximum Gasteiger partial charge on any atom is 0.242 e. The Kier molecular flexibility index (Phi) is 7.66. The fourth-order valence-electron chi connectivity index (χ4n) is 2.31. The lowest BCUT2D eigenvalue weighted by Crippen LogP contribution is -2.44. The molecule has 0 fully saturated rings. The first-order valence-corrected chi connectivity index (χ1v) is 12.1. The zero-order chi connectivity index (χ0) is 21.5. The molecule has 7 nitrogen and oxygen atoms in total. The molecule has 2 aromatic rings. The van der Waals surface area contributed by atoms with Crippen molar-refractivity contribution < 1.29 is 26.0 Å². The van der Waals surface area contributed by atoms with Gasteiger partial charge >= 0.3 is 0 Å².